The summed E-state index contributed by atoms with van der Waals surface area (Å²) in [6, 6.07) is 12.9. The van der Waals surface area contributed by atoms with Crippen LogP contribution >= 0.6 is 11.6 Å². The Hall–Kier alpha value is -2.40. The number of piperazine rings is 1. The SMILES string of the molecule is O=C1[C@H](c2ccc(F)cc2)N(CCc2ccc(Cl)cc2)C(=O)CN1C1CCCCC1. The van der Waals surface area contributed by atoms with E-state index >= 15 is 0 Å². The molecule has 2 fully saturated rings. The summed E-state index contributed by atoms with van der Waals surface area (Å²) in [4.78, 5) is 30.1. The van der Waals surface area contributed by atoms with Gasteiger partial charge in [0, 0.05) is 17.6 Å². The third-order valence-corrected chi connectivity index (χ3v) is 6.46. The van der Waals surface area contributed by atoms with E-state index < -0.39 is 6.04 Å². The van der Waals surface area contributed by atoms with Crippen molar-refractivity contribution in [3.05, 3.63) is 70.5 Å². The molecule has 158 valence electrons. The Morgan fingerprint density at radius 1 is 0.933 bits per heavy atom. The summed E-state index contributed by atoms with van der Waals surface area (Å²) < 4.78 is 13.5. The van der Waals surface area contributed by atoms with Gasteiger partial charge in [0.15, 0.2) is 0 Å². The standard InChI is InChI=1S/C24H26ClFN2O2/c25-19-10-6-17(7-11-19)14-15-27-22(29)16-28(21-4-2-1-3-5-21)24(30)23(27)18-8-12-20(26)13-9-18/h6-13,21,23H,1-5,14-16H2/t23-/m0/s1. The molecule has 0 unspecified atom stereocenters. The molecule has 0 radical (unpaired) electrons. The lowest BCUT2D eigenvalue weighted by Crippen LogP contribution is -2.58. The topological polar surface area (TPSA) is 40.6 Å². The summed E-state index contributed by atoms with van der Waals surface area (Å²) in [5.74, 6) is -0.460. The predicted molar refractivity (Wildman–Crippen MR) is 115 cm³/mol. The first-order chi connectivity index (χ1) is 14.5. The Labute approximate surface area is 181 Å². The van der Waals surface area contributed by atoms with Crippen LogP contribution in [0.25, 0.3) is 0 Å². The second-order valence-electron chi connectivity index (χ2n) is 8.18. The van der Waals surface area contributed by atoms with Gasteiger partial charge in [0.1, 0.15) is 18.4 Å². The van der Waals surface area contributed by atoms with Crippen molar-refractivity contribution in [1.29, 1.82) is 0 Å². The summed E-state index contributed by atoms with van der Waals surface area (Å²) >= 11 is 5.96. The van der Waals surface area contributed by atoms with Crippen LogP contribution in [-0.2, 0) is 16.0 Å². The van der Waals surface area contributed by atoms with Crippen molar-refractivity contribution in [2.45, 2.75) is 50.6 Å². The fraction of sp³-hybridized carbons (Fsp3) is 0.417. The normalized spacial score (nSPS) is 20.7. The van der Waals surface area contributed by atoms with Crippen LogP contribution in [0, 0.1) is 5.82 Å². The molecule has 6 heteroatoms. The molecule has 1 heterocycles. The van der Waals surface area contributed by atoms with Gasteiger partial charge in [-0.3, -0.25) is 9.59 Å². The lowest BCUT2D eigenvalue weighted by atomic mass is 9.91. The van der Waals surface area contributed by atoms with Crippen LogP contribution in [0.3, 0.4) is 0 Å². The van der Waals surface area contributed by atoms with Gasteiger partial charge in [0.05, 0.1) is 0 Å². The first kappa shape index (κ1) is 20.9. The fourth-order valence-corrected chi connectivity index (χ4v) is 4.70. The highest BCUT2D eigenvalue weighted by Gasteiger charge is 2.42. The number of carbonyl (C=O) groups excluding carboxylic acids is 2. The molecule has 0 spiro atoms. The average molecular weight is 429 g/mol. The van der Waals surface area contributed by atoms with E-state index in [9.17, 15) is 14.0 Å². The van der Waals surface area contributed by atoms with E-state index in [0.717, 1.165) is 31.2 Å². The van der Waals surface area contributed by atoms with Crippen LogP contribution < -0.4 is 0 Å². The van der Waals surface area contributed by atoms with Crippen molar-refractivity contribution < 1.29 is 14.0 Å². The van der Waals surface area contributed by atoms with E-state index in [0.29, 0.717) is 23.6 Å². The number of hydrogen-bond donors (Lipinski definition) is 0. The molecule has 2 aliphatic rings. The van der Waals surface area contributed by atoms with Gasteiger partial charge in [0.2, 0.25) is 5.91 Å². The van der Waals surface area contributed by atoms with Crippen molar-refractivity contribution in [2.75, 3.05) is 13.1 Å². The van der Waals surface area contributed by atoms with Gasteiger partial charge < -0.3 is 9.80 Å². The van der Waals surface area contributed by atoms with E-state index in [2.05, 4.69) is 0 Å². The molecule has 1 saturated heterocycles. The molecule has 0 bridgehead atoms. The smallest absolute Gasteiger partial charge is 0.250 e. The molecular formula is C24H26ClFN2O2. The van der Waals surface area contributed by atoms with Gasteiger partial charge in [-0.15, -0.1) is 0 Å². The molecule has 4 nitrogen and oxygen atoms in total. The Morgan fingerprint density at radius 2 is 1.60 bits per heavy atom. The molecule has 2 aromatic carbocycles. The second kappa shape index (κ2) is 9.17. The average Bonchev–Trinajstić information content (AvgIpc) is 2.76. The van der Waals surface area contributed by atoms with E-state index in [1.165, 1.54) is 18.6 Å². The first-order valence-corrected chi connectivity index (χ1v) is 11.0. The highest BCUT2D eigenvalue weighted by atomic mass is 35.5. The molecule has 1 aliphatic carbocycles. The summed E-state index contributed by atoms with van der Waals surface area (Å²) in [6.45, 7) is 0.550. The van der Waals surface area contributed by atoms with Gasteiger partial charge in [-0.05, 0) is 54.7 Å². The van der Waals surface area contributed by atoms with Crippen LogP contribution in [0.4, 0.5) is 4.39 Å². The van der Waals surface area contributed by atoms with Gasteiger partial charge in [-0.2, -0.15) is 0 Å². The van der Waals surface area contributed by atoms with E-state index in [1.807, 2.05) is 24.3 Å². The highest BCUT2D eigenvalue weighted by molar-refractivity contribution is 6.30. The Bertz CT molecular complexity index is 894. The van der Waals surface area contributed by atoms with Gasteiger partial charge in [-0.25, -0.2) is 4.39 Å². The van der Waals surface area contributed by atoms with Crippen molar-refractivity contribution in [1.82, 2.24) is 9.80 Å². The molecular weight excluding hydrogens is 403 g/mol. The number of benzene rings is 2. The monoisotopic (exact) mass is 428 g/mol. The number of amides is 2. The van der Waals surface area contributed by atoms with Crippen LogP contribution in [0.1, 0.15) is 49.3 Å². The maximum Gasteiger partial charge on any atom is 0.250 e. The van der Waals surface area contributed by atoms with E-state index in [-0.39, 0.29) is 30.2 Å². The minimum atomic E-state index is -0.707. The van der Waals surface area contributed by atoms with Crippen molar-refractivity contribution >= 4 is 23.4 Å². The van der Waals surface area contributed by atoms with Crippen LogP contribution in [0.15, 0.2) is 48.5 Å². The number of hydrogen-bond acceptors (Lipinski definition) is 2. The third kappa shape index (κ3) is 4.51. The minimum absolute atomic E-state index is 0.0517. The largest absolute Gasteiger partial charge is 0.328 e. The molecule has 0 aromatic heterocycles. The molecule has 2 aromatic rings. The van der Waals surface area contributed by atoms with Gasteiger partial charge in [-0.1, -0.05) is 55.1 Å². The molecule has 1 aliphatic heterocycles. The van der Waals surface area contributed by atoms with Crippen LogP contribution in [0.2, 0.25) is 5.02 Å². The lowest BCUT2D eigenvalue weighted by Gasteiger charge is -2.44. The Balaban J connectivity index is 1.59. The predicted octanol–water partition coefficient (Wildman–Crippen LogP) is 4.77. The Kier molecular flexibility index (Phi) is 6.38. The quantitative estimate of drug-likeness (QED) is 0.688. The maximum atomic E-state index is 13.5. The zero-order valence-corrected chi connectivity index (χ0v) is 17.7. The molecule has 1 saturated carbocycles. The number of nitrogens with zero attached hydrogens (tertiary/aromatic N) is 2. The number of carbonyl (C=O) groups is 2. The fourth-order valence-electron chi connectivity index (χ4n) is 4.57. The molecule has 1 atom stereocenters. The number of halogens is 2. The van der Waals surface area contributed by atoms with Gasteiger partial charge >= 0.3 is 0 Å². The number of rotatable bonds is 5. The van der Waals surface area contributed by atoms with Crippen molar-refractivity contribution in [3.63, 3.8) is 0 Å². The Morgan fingerprint density at radius 3 is 2.27 bits per heavy atom. The summed E-state index contributed by atoms with van der Waals surface area (Å²) in [5, 5.41) is 0.662. The second-order valence-corrected chi connectivity index (χ2v) is 8.61. The molecule has 2 amide bonds. The van der Waals surface area contributed by atoms with E-state index in [1.54, 1.807) is 21.9 Å². The zero-order chi connectivity index (χ0) is 21.1. The maximum absolute atomic E-state index is 13.5. The summed E-state index contributed by atoms with van der Waals surface area (Å²) in [6.07, 6.45) is 5.87. The van der Waals surface area contributed by atoms with Crippen molar-refractivity contribution in [3.8, 4) is 0 Å². The van der Waals surface area contributed by atoms with Crippen molar-refractivity contribution in [2.24, 2.45) is 0 Å². The molecule has 4 rings (SSSR count). The molecule has 30 heavy (non-hydrogen) atoms. The van der Waals surface area contributed by atoms with E-state index in [4.69, 9.17) is 11.6 Å². The lowest BCUT2D eigenvalue weighted by molar-refractivity contribution is -0.159. The highest BCUT2D eigenvalue weighted by Crippen LogP contribution is 2.32. The first-order valence-electron chi connectivity index (χ1n) is 10.6. The summed E-state index contributed by atoms with van der Waals surface area (Å²) in [7, 11) is 0. The van der Waals surface area contributed by atoms with Crippen LogP contribution in [-0.4, -0.2) is 40.7 Å². The van der Waals surface area contributed by atoms with Crippen LogP contribution in [0.5, 0.6) is 0 Å². The van der Waals surface area contributed by atoms with Gasteiger partial charge in [0.25, 0.3) is 5.91 Å². The summed E-state index contributed by atoms with van der Waals surface area (Å²) in [5.41, 5.74) is 1.71. The third-order valence-electron chi connectivity index (χ3n) is 6.21. The zero-order valence-electron chi connectivity index (χ0n) is 16.9. The minimum Gasteiger partial charge on any atom is -0.328 e. The molecule has 0 N–H and O–H groups in total.